The van der Waals surface area contributed by atoms with E-state index in [-0.39, 0.29) is 0 Å². The van der Waals surface area contributed by atoms with Gasteiger partial charge in [-0.05, 0) is 31.7 Å². The minimum absolute atomic E-state index is 0.640. The van der Waals surface area contributed by atoms with Gasteiger partial charge in [-0.25, -0.2) is 0 Å². The molecule has 0 unspecified atom stereocenters. The van der Waals surface area contributed by atoms with Gasteiger partial charge < -0.3 is 10.6 Å². The van der Waals surface area contributed by atoms with Crippen LogP contribution in [-0.4, -0.2) is 24.7 Å². The Kier molecular flexibility index (Phi) is 3.45. The summed E-state index contributed by atoms with van der Waals surface area (Å²) in [5.41, 5.74) is 0. The predicted octanol–water partition coefficient (Wildman–Crippen LogP) is 1.91. The molecular formula is C12H24N2. The van der Waals surface area contributed by atoms with Crippen molar-refractivity contribution in [2.45, 2.75) is 64.1 Å². The van der Waals surface area contributed by atoms with Crippen molar-refractivity contribution in [1.29, 1.82) is 0 Å². The van der Waals surface area contributed by atoms with Gasteiger partial charge >= 0.3 is 0 Å². The molecular weight excluding hydrogens is 172 g/mol. The molecule has 1 saturated carbocycles. The zero-order valence-corrected chi connectivity index (χ0v) is 9.55. The van der Waals surface area contributed by atoms with Gasteiger partial charge in [0.15, 0.2) is 0 Å². The first-order chi connectivity index (χ1) is 6.77. The Labute approximate surface area is 87.8 Å². The third-order valence-electron chi connectivity index (χ3n) is 3.75. The molecule has 2 nitrogen and oxygen atoms in total. The van der Waals surface area contributed by atoms with Crippen molar-refractivity contribution in [3.8, 4) is 0 Å². The SMILES string of the molecule is CC(C)N[C@@H]1CCN[C@@H]2CCCC[C@H]21. The average molecular weight is 196 g/mol. The smallest absolute Gasteiger partial charge is 0.0125 e. The Morgan fingerprint density at radius 1 is 1.14 bits per heavy atom. The highest BCUT2D eigenvalue weighted by atomic mass is 15.0. The number of rotatable bonds is 2. The summed E-state index contributed by atoms with van der Waals surface area (Å²) in [5, 5.41) is 7.43. The van der Waals surface area contributed by atoms with E-state index in [4.69, 9.17) is 0 Å². The zero-order valence-electron chi connectivity index (χ0n) is 9.55. The molecule has 0 bridgehead atoms. The lowest BCUT2D eigenvalue weighted by Crippen LogP contribution is -2.55. The molecule has 1 aliphatic carbocycles. The number of hydrogen-bond acceptors (Lipinski definition) is 2. The van der Waals surface area contributed by atoms with Crippen LogP contribution in [0.4, 0.5) is 0 Å². The molecule has 1 saturated heterocycles. The molecule has 2 heteroatoms. The van der Waals surface area contributed by atoms with Crippen LogP contribution in [0.1, 0.15) is 46.0 Å². The molecule has 0 amide bonds. The Morgan fingerprint density at radius 3 is 2.71 bits per heavy atom. The van der Waals surface area contributed by atoms with E-state index in [1.165, 1.54) is 38.6 Å². The molecule has 2 fully saturated rings. The molecule has 0 aromatic heterocycles. The molecule has 2 N–H and O–H groups in total. The van der Waals surface area contributed by atoms with E-state index in [0.717, 1.165) is 18.0 Å². The lowest BCUT2D eigenvalue weighted by molar-refractivity contribution is 0.155. The predicted molar refractivity (Wildman–Crippen MR) is 60.4 cm³/mol. The van der Waals surface area contributed by atoms with Gasteiger partial charge in [-0.3, -0.25) is 0 Å². The summed E-state index contributed by atoms with van der Waals surface area (Å²) in [7, 11) is 0. The second-order valence-corrected chi connectivity index (χ2v) is 5.23. The summed E-state index contributed by atoms with van der Waals surface area (Å²) in [6.07, 6.45) is 7.03. The van der Waals surface area contributed by atoms with Crippen molar-refractivity contribution in [2.75, 3.05) is 6.54 Å². The van der Waals surface area contributed by atoms with Crippen LogP contribution < -0.4 is 10.6 Å². The third kappa shape index (κ3) is 2.29. The maximum absolute atomic E-state index is 3.74. The van der Waals surface area contributed by atoms with Crippen LogP contribution in [0.2, 0.25) is 0 Å². The number of piperidine rings is 1. The van der Waals surface area contributed by atoms with E-state index in [9.17, 15) is 0 Å². The molecule has 14 heavy (non-hydrogen) atoms. The lowest BCUT2D eigenvalue weighted by Gasteiger charge is -2.43. The van der Waals surface area contributed by atoms with E-state index >= 15 is 0 Å². The highest BCUT2D eigenvalue weighted by molar-refractivity contribution is 4.93. The van der Waals surface area contributed by atoms with Crippen molar-refractivity contribution >= 4 is 0 Å². The molecule has 82 valence electrons. The van der Waals surface area contributed by atoms with Crippen LogP contribution in [0.25, 0.3) is 0 Å². The van der Waals surface area contributed by atoms with Crippen molar-refractivity contribution in [2.24, 2.45) is 5.92 Å². The van der Waals surface area contributed by atoms with E-state index < -0.39 is 0 Å². The van der Waals surface area contributed by atoms with Crippen LogP contribution >= 0.6 is 0 Å². The minimum Gasteiger partial charge on any atom is -0.314 e. The Hall–Kier alpha value is -0.0800. The summed E-state index contributed by atoms with van der Waals surface area (Å²) >= 11 is 0. The van der Waals surface area contributed by atoms with Crippen molar-refractivity contribution in [1.82, 2.24) is 10.6 Å². The molecule has 1 aliphatic heterocycles. The van der Waals surface area contributed by atoms with Gasteiger partial charge in [0.2, 0.25) is 0 Å². The fourth-order valence-electron chi connectivity index (χ4n) is 3.17. The minimum atomic E-state index is 0.640. The summed E-state index contributed by atoms with van der Waals surface area (Å²) in [6.45, 7) is 5.74. The van der Waals surface area contributed by atoms with E-state index in [1.807, 2.05) is 0 Å². The topological polar surface area (TPSA) is 24.1 Å². The fraction of sp³-hybridized carbons (Fsp3) is 1.00. The first-order valence-electron chi connectivity index (χ1n) is 6.27. The lowest BCUT2D eigenvalue weighted by atomic mass is 9.76. The molecule has 1 heterocycles. The van der Waals surface area contributed by atoms with Crippen LogP contribution in [0.15, 0.2) is 0 Å². The first-order valence-corrected chi connectivity index (χ1v) is 6.27. The van der Waals surface area contributed by atoms with Gasteiger partial charge in [0.25, 0.3) is 0 Å². The Bertz CT molecular complexity index is 177. The number of nitrogens with one attached hydrogen (secondary N) is 2. The quantitative estimate of drug-likeness (QED) is 0.705. The van der Waals surface area contributed by atoms with E-state index in [0.29, 0.717) is 6.04 Å². The van der Waals surface area contributed by atoms with E-state index in [2.05, 4.69) is 24.5 Å². The molecule has 2 aliphatic rings. The van der Waals surface area contributed by atoms with E-state index in [1.54, 1.807) is 0 Å². The van der Waals surface area contributed by atoms with Crippen LogP contribution in [0, 0.1) is 5.92 Å². The second-order valence-electron chi connectivity index (χ2n) is 5.23. The van der Waals surface area contributed by atoms with Crippen LogP contribution in [0.3, 0.4) is 0 Å². The highest BCUT2D eigenvalue weighted by Gasteiger charge is 2.34. The maximum atomic E-state index is 3.74. The molecule has 0 spiro atoms. The maximum Gasteiger partial charge on any atom is 0.0125 e. The number of fused-ring (bicyclic) bond motifs is 1. The van der Waals surface area contributed by atoms with Gasteiger partial charge in [0, 0.05) is 18.1 Å². The normalized spacial score (nSPS) is 38.4. The average Bonchev–Trinajstić information content (AvgIpc) is 2.18. The fourth-order valence-corrected chi connectivity index (χ4v) is 3.17. The standard InChI is InChI=1S/C12H24N2/c1-9(2)14-12-7-8-13-11-6-4-3-5-10(11)12/h9-14H,3-8H2,1-2H3/t10-,11-,12-/m1/s1. The summed E-state index contributed by atoms with van der Waals surface area (Å²) in [4.78, 5) is 0. The Morgan fingerprint density at radius 2 is 1.93 bits per heavy atom. The summed E-state index contributed by atoms with van der Waals surface area (Å²) in [6, 6.07) is 2.23. The highest BCUT2D eigenvalue weighted by Crippen LogP contribution is 2.30. The van der Waals surface area contributed by atoms with Crippen LogP contribution in [0.5, 0.6) is 0 Å². The van der Waals surface area contributed by atoms with Gasteiger partial charge in [-0.15, -0.1) is 0 Å². The van der Waals surface area contributed by atoms with Gasteiger partial charge in [0.1, 0.15) is 0 Å². The van der Waals surface area contributed by atoms with Crippen molar-refractivity contribution in [3.63, 3.8) is 0 Å². The molecule has 0 aromatic carbocycles. The molecule has 2 rings (SSSR count). The molecule has 0 radical (unpaired) electrons. The first kappa shape index (κ1) is 10.4. The summed E-state index contributed by atoms with van der Waals surface area (Å²) in [5.74, 6) is 0.903. The zero-order chi connectivity index (χ0) is 9.97. The van der Waals surface area contributed by atoms with Crippen molar-refractivity contribution in [3.05, 3.63) is 0 Å². The monoisotopic (exact) mass is 196 g/mol. The van der Waals surface area contributed by atoms with Crippen molar-refractivity contribution < 1.29 is 0 Å². The van der Waals surface area contributed by atoms with Gasteiger partial charge in [0.05, 0.1) is 0 Å². The molecule has 0 aromatic rings. The Balaban J connectivity index is 1.94. The number of hydrogen-bond donors (Lipinski definition) is 2. The van der Waals surface area contributed by atoms with Gasteiger partial charge in [-0.2, -0.15) is 0 Å². The summed E-state index contributed by atoms with van der Waals surface area (Å²) < 4.78 is 0. The van der Waals surface area contributed by atoms with Crippen LogP contribution in [-0.2, 0) is 0 Å². The largest absolute Gasteiger partial charge is 0.314 e. The second kappa shape index (κ2) is 4.63. The third-order valence-corrected chi connectivity index (χ3v) is 3.75. The van der Waals surface area contributed by atoms with Gasteiger partial charge in [-0.1, -0.05) is 26.7 Å². The molecule has 3 atom stereocenters.